The van der Waals surface area contributed by atoms with Crippen LogP contribution in [0.1, 0.15) is 53.6 Å². The van der Waals surface area contributed by atoms with Crippen molar-refractivity contribution in [2.45, 2.75) is 62.7 Å². The minimum atomic E-state index is -0.999. The maximum atomic E-state index is 13.2. The maximum Gasteiger partial charge on any atom is 0.408 e. The van der Waals surface area contributed by atoms with Gasteiger partial charge in [0.05, 0.1) is 31.8 Å². The van der Waals surface area contributed by atoms with Crippen molar-refractivity contribution in [3.8, 4) is 11.1 Å². The molecular formula is C43H41N3O8S. The number of carbonyl (C=O) groups is 3. The minimum Gasteiger partial charge on any atom is -0.618 e. The second-order valence-electron chi connectivity index (χ2n) is 13.6. The zero-order valence-corrected chi connectivity index (χ0v) is 31.0. The number of nitrogens with zero attached hydrogens (tertiary/aromatic N) is 2. The largest absolute Gasteiger partial charge is 0.618 e. The first-order valence-corrected chi connectivity index (χ1v) is 19.1. The number of aliphatic hydroxyl groups excluding tert-OH is 1. The first kappa shape index (κ1) is 37.8. The van der Waals surface area contributed by atoms with Crippen LogP contribution in [0, 0.1) is 11.1 Å². The predicted molar refractivity (Wildman–Crippen MR) is 205 cm³/mol. The molecule has 5 aromatic rings. The van der Waals surface area contributed by atoms with Crippen molar-refractivity contribution in [3.05, 3.63) is 161 Å². The molecule has 11 nitrogen and oxygen atoms in total. The Morgan fingerprint density at radius 2 is 1.60 bits per heavy atom. The van der Waals surface area contributed by atoms with E-state index in [9.17, 15) is 24.7 Å². The Kier molecular flexibility index (Phi) is 11.9. The summed E-state index contributed by atoms with van der Waals surface area (Å²) in [6, 6.07) is 36.7. The molecule has 0 saturated carbocycles. The molecule has 2 aliphatic heterocycles. The lowest BCUT2D eigenvalue weighted by molar-refractivity contribution is -0.645. The van der Waals surface area contributed by atoms with Crippen LogP contribution in [0.4, 0.5) is 4.79 Å². The second-order valence-corrected chi connectivity index (χ2v) is 14.6. The third-order valence-corrected chi connectivity index (χ3v) is 10.9. The van der Waals surface area contributed by atoms with E-state index in [-0.39, 0.29) is 50.2 Å². The van der Waals surface area contributed by atoms with E-state index in [1.807, 2.05) is 109 Å². The first-order chi connectivity index (χ1) is 26.7. The summed E-state index contributed by atoms with van der Waals surface area (Å²) in [6.07, 6.45) is -0.729. The molecule has 2 N–H and O–H groups in total. The van der Waals surface area contributed by atoms with Gasteiger partial charge in [0, 0.05) is 29.4 Å². The van der Waals surface area contributed by atoms with Gasteiger partial charge in [-0.2, -0.15) is 4.73 Å². The van der Waals surface area contributed by atoms with Crippen molar-refractivity contribution in [1.82, 2.24) is 10.2 Å². The molecule has 2 saturated heterocycles. The van der Waals surface area contributed by atoms with E-state index in [1.54, 1.807) is 12.1 Å². The highest BCUT2D eigenvalue weighted by Crippen LogP contribution is 2.43. The smallest absolute Gasteiger partial charge is 0.408 e. The summed E-state index contributed by atoms with van der Waals surface area (Å²) >= 11 is 1.43. The number of nitrogens with one attached hydrogen (secondary N) is 1. The Hall–Kier alpha value is -5.53. The lowest BCUT2D eigenvalue weighted by Crippen LogP contribution is -2.41. The minimum absolute atomic E-state index is 0.0492. The predicted octanol–water partition coefficient (Wildman–Crippen LogP) is 6.62. The molecule has 0 spiro atoms. The van der Waals surface area contributed by atoms with Gasteiger partial charge in [-0.3, -0.25) is 14.5 Å². The number of aliphatic hydroxyl groups is 1. The molecule has 2 fully saturated rings. The molecule has 3 amide bonds. The number of alkyl carbamates (subject to hydrolysis) is 1. The molecule has 2 aliphatic rings. The molecular weight excluding hydrogens is 719 g/mol. The summed E-state index contributed by atoms with van der Waals surface area (Å²) in [4.78, 5) is 39.8. The Morgan fingerprint density at radius 1 is 0.873 bits per heavy atom. The van der Waals surface area contributed by atoms with E-state index in [4.69, 9.17) is 14.2 Å². The Balaban J connectivity index is 1.05. The van der Waals surface area contributed by atoms with Gasteiger partial charge in [0.1, 0.15) is 12.6 Å². The normalized spacial score (nSPS) is 21.1. The van der Waals surface area contributed by atoms with Gasteiger partial charge < -0.3 is 29.8 Å². The summed E-state index contributed by atoms with van der Waals surface area (Å²) in [5.41, 5.74) is 5.88. The van der Waals surface area contributed by atoms with Gasteiger partial charge in [-0.25, -0.2) is 4.79 Å². The summed E-state index contributed by atoms with van der Waals surface area (Å²) in [6.45, 7) is 2.13. The van der Waals surface area contributed by atoms with Crippen LogP contribution < -0.4 is 10.0 Å². The van der Waals surface area contributed by atoms with Crippen LogP contribution in [0.5, 0.6) is 0 Å². The standard InChI is InChI=1S/C43H41N3O8S/c1-28-37(27-55-39-15-5-6-20-46(39)51)53-42(54-40(28)32-18-16-29(25-47)17-19-32)35-14-8-13-34(22-35)33-12-7-11-31(21-33)24-45-38(48)23-36(41(45)49)44-43(50)52-26-30-9-3-2-4-10-30/h2-22,28,36-37,40,42,47H,23-27H2,1H3,(H,44,50). The number of likely N-dealkylation sites (tertiary alicyclic amines) is 1. The molecule has 3 heterocycles. The van der Waals surface area contributed by atoms with Crippen LogP contribution in [0.25, 0.3) is 11.1 Å². The average molecular weight is 760 g/mol. The highest BCUT2D eigenvalue weighted by molar-refractivity contribution is 7.99. The highest BCUT2D eigenvalue weighted by atomic mass is 32.2. The molecule has 1 aromatic heterocycles. The molecule has 282 valence electrons. The van der Waals surface area contributed by atoms with Crippen LogP contribution in [-0.2, 0) is 43.6 Å². The van der Waals surface area contributed by atoms with Gasteiger partial charge in [0.2, 0.25) is 5.91 Å². The number of aromatic nitrogens is 1. The fourth-order valence-electron chi connectivity index (χ4n) is 6.77. The molecule has 5 atom stereocenters. The third kappa shape index (κ3) is 9.06. The second kappa shape index (κ2) is 17.3. The van der Waals surface area contributed by atoms with Gasteiger partial charge in [-0.1, -0.05) is 110 Å². The Morgan fingerprint density at radius 3 is 2.36 bits per heavy atom. The Bertz CT molecular complexity index is 2130. The zero-order chi connectivity index (χ0) is 38.3. The number of amides is 3. The number of ether oxygens (including phenoxy) is 3. The van der Waals surface area contributed by atoms with Gasteiger partial charge in [0.15, 0.2) is 12.5 Å². The summed E-state index contributed by atoms with van der Waals surface area (Å²) in [5.74, 6) is -0.393. The lowest BCUT2D eigenvalue weighted by Gasteiger charge is -2.41. The van der Waals surface area contributed by atoms with Crippen molar-refractivity contribution in [1.29, 1.82) is 0 Å². The SMILES string of the molecule is CC1C(CSc2cccc[n+]2[O-])OC(c2cccc(-c3cccc(CN4C(=O)CC(NC(=O)OCc5ccccc5)C4=O)c3)c2)OC1c1ccc(CO)cc1. The van der Waals surface area contributed by atoms with Gasteiger partial charge >= 0.3 is 6.09 Å². The van der Waals surface area contributed by atoms with Crippen molar-refractivity contribution >= 4 is 29.7 Å². The third-order valence-electron chi connectivity index (χ3n) is 9.82. The molecule has 0 aliphatic carbocycles. The van der Waals surface area contributed by atoms with Crippen LogP contribution in [0.2, 0.25) is 0 Å². The summed E-state index contributed by atoms with van der Waals surface area (Å²) in [7, 11) is 0. The van der Waals surface area contributed by atoms with Crippen LogP contribution in [0.3, 0.4) is 0 Å². The Labute approximate surface area is 323 Å². The van der Waals surface area contributed by atoms with E-state index in [0.717, 1.165) is 48.6 Å². The van der Waals surface area contributed by atoms with Crippen molar-refractivity contribution in [2.75, 3.05) is 5.75 Å². The monoisotopic (exact) mass is 759 g/mol. The van der Waals surface area contributed by atoms with Crippen LogP contribution >= 0.6 is 11.8 Å². The molecule has 4 aromatic carbocycles. The van der Waals surface area contributed by atoms with E-state index in [1.165, 1.54) is 18.0 Å². The van der Waals surface area contributed by atoms with E-state index < -0.39 is 24.3 Å². The molecule has 5 unspecified atom stereocenters. The maximum absolute atomic E-state index is 13.2. The average Bonchev–Trinajstić information content (AvgIpc) is 3.47. The van der Waals surface area contributed by atoms with Crippen LogP contribution in [-0.4, -0.2) is 45.8 Å². The van der Waals surface area contributed by atoms with E-state index in [2.05, 4.69) is 12.2 Å². The number of pyridine rings is 1. The summed E-state index contributed by atoms with van der Waals surface area (Å²) < 4.78 is 19.4. The molecule has 12 heteroatoms. The fourth-order valence-corrected chi connectivity index (χ4v) is 7.85. The molecule has 55 heavy (non-hydrogen) atoms. The van der Waals surface area contributed by atoms with Crippen molar-refractivity contribution in [3.63, 3.8) is 0 Å². The summed E-state index contributed by atoms with van der Waals surface area (Å²) in [5, 5.41) is 25.1. The van der Waals surface area contributed by atoms with Crippen molar-refractivity contribution < 1.29 is 38.4 Å². The van der Waals surface area contributed by atoms with Crippen molar-refractivity contribution in [2.24, 2.45) is 5.92 Å². The molecule has 0 bridgehead atoms. The van der Waals surface area contributed by atoms with E-state index in [0.29, 0.717) is 10.8 Å². The van der Waals surface area contributed by atoms with E-state index >= 15 is 0 Å². The molecule has 0 radical (unpaired) electrons. The lowest BCUT2D eigenvalue weighted by atomic mass is 9.91. The van der Waals surface area contributed by atoms with Crippen LogP contribution in [0.15, 0.2) is 133 Å². The number of thioether (sulfide) groups is 1. The van der Waals surface area contributed by atoms with Gasteiger partial charge in [-0.05, 0) is 51.6 Å². The topological polar surface area (TPSA) is 141 Å². The fraction of sp³-hybridized carbons (Fsp3) is 0.256. The molecule has 7 rings (SSSR count). The quantitative estimate of drug-likeness (QED) is 0.0622. The number of imide groups is 1. The van der Waals surface area contributed by atoms with Gasteiger partial charge in [-0.15, -0.1) is 0 Å². The number of hydrogen-bond donors (Lipinski definition) is 2. The number of rotatable bonds is 12. The highest BCUT2D eigenvalue weighted by Gasteiger charge is 2.40. The van der Waals surface area contributed by atoms with Gasteiger partial charge in [0.25, 0.3) is 10.9 Å². The first-order valence-electron chi connectivity index (χ1n) is 18.1. The number of carbonyl (C=O) groups excluding carboxylic acids is 3. The number of benzene rings is 4. The number of hydrogen-bond acceptors (Lipinski definition) is 9. The zero-order valence-electron chi connectivity index (χ0n) is 30.2.